The van der Waals surface area contributed by atoms with Gasteiger partial charge in [-0.2, -0.15) is 9.59 Å². The average Bonchev–Trinajstić information content (AvgIpc) is 3.32. The van der Waals surface area contributed by atoms with E-state index >= 15 is 0 Å². The molecule has 3 fully saturated rings. The number of fused-ring (bicyclic) bond motifs is 1. The van der Waals surface area contributed by atoms with E-state index in [1.54, 1.807) is 0 Å². The summed E-state index contributed by atoms with van der Waals surface area (Å²) in [6, 6.07) is 0. The molecule has 8 atom stereocenters. The summed E-state index contributed by atoms with van der Waals surface area (Å²) in [5, 5.41) is 0. The van der Waals surface area contributed by atoms with Crippen molar-refractivity contribution in [3.8, 4) is 0 Å². The molecule has 1 saturated carbocycles. The molecule has 3 rings (SSSR count). The SMILES string of the molecule is CCC1CC(CCC2OC(CC)C3C(=O)OC(=O)C23)C(C(=O)OC)C1C.O=C=O. The molecule has 0 amide bonds. The molecule has 0 aromatic rings. The Balaban J connectivity index is 0.000000941. The van der Waals surface area contributed by atoms with E-state index in [-0.39, 0.29) is 36.2 Å². The van der Waals surface area contributed by atoms with Gasteiger partial charge < -0.3 is 14.2 Å². The number of cyclic esters (lactones) is 2. The normalized spacial score (nSPS) is 37.9. The van der Waals surface area contributed by atoms with Gasteiger partial charge in [0.05, 0.1) is 37.1 Å². The Morgan fingerprint density at radius 2 is 1.62 bits per heavy atom. The van der Waals surface area contributed by atoms with Crippen LogP contribution in [-0.2, 0) is 38.2 Å². The quantitative estimate of drug-likeness (QED) is 0.483. The molecule has 2 saturated heterocycles. The number of carbonyl (C=O) groups excluding carboxylic acids is 5. The lowest BCUT2D eigenvalue weighted by molar-refractivity contribution is -0.191. The molecule has 0 aromatic carbocycles. The number of hydrogen-bond acceptors (Lipinski definition) is 8. The Hall–Kier alpha value is -2.05. The van der Waals surface area contributed by atoms with Crippen LogP contribution >= 0.6 is 0 Å². The Kier molecular flexibility index (Phi) is 8.11. The lowest BCUT2D eigenvalue weighted by Crippen LogP contribution is -2.28. The fraction of sp³-hybridized carbons (Fsp3) is 0.810. The van der Waals surface area contributed by atoms with Crippen molar-refractivity contribution in [2.45, 2.75) is 65.1 Å². The third kappa shape index (κ3) is 4.59. The highest BCUT2D eigenvalue weighted by atomic mass is 16.6. The zero-order chi connectivity index (χ0) is 21.7. The van der Waals surface area contributed by atoms with Crippen LogP contribution in [0.5, 0.6) is 0 Å². The molecule has 3 aliphatic rings. The highest BCUT2D eigenvalue weighted by molar-refractivity contribution is 5.97. The monoisotopic (exact) mass is 410 g/mol. The molecule has 0 N–H and O–H groups in total. The summed E-state index contributed by atoms with van der Waals surface area (Å²) >= 11 is 0. The van der Waals surface area contributed by atoms with Gasteiger partial charge in [-0.25, -0.2) is 0 Å². The third-order valence-corrected chi connectivity index (χ3v) is 6.93. The molecule has 2 heterocycles. The van der Waals surface area contributed by atoms with Crippen molar-refractivity contribution < 1.29 is 38.2 Å². The largest absolute Gasteiger partial charge is 0.469 e. The van der Waals surface area contributed by atoms with Crippen LogP contribution in [0.15, 0.2) is 0 Å². The first kappa shape index (κ1) is 23.2. The van der Waals surface area contributed by atoms with Crippen molar-refractivity contribution in [3.05, 3.63) is 0 Å². The Bertz CT molecular complexity index is 653. The molecule has 0 aromatic heterocycles. The number of rotatable bonds is 6. The van der Waals surface area contributed by atoms with E-state index in [9.17, 15) is 14.4 Å². The molecule has 0 spiro atoms. The second kappa shape index (κ2) is 10.1. The molecule has 0 radical (unpaired) electrons. The fourth-order valence-electron chi connectivity index (χ4n) is 5.52. The van der Waals surface area contributed by atoms with E-state index in [0.717, 1.165) is 19.3 Å². The van der Waals surface area contributed by atoms with Gasteiger partial charge in [0.25, 0.3) is 0 Å². The van der Waals surface area contributed by atoms with E-state index in [0.29, 0.717) is 24.7 Å². The van der Waals surface area contributed by atoms with Crippen molar-refractivity contribution in [3.63, 3.8) is 0 Å². The molecule has 8 heteroatoms. The van der Waals surface area contributed by atoms with E-state index < -0.39 is 23.8 Å². The van der Waals surface area contributed by atoms with Crippen molar-refractivity contribution in [1.29, 1.82) is 0 Å². The van der Waals surface area contributed by atoms with Crippen LogP contribution in [-0.4, -0.2) is 43.4 Å². The second-order valence-electron chi connectivity index (χ2n) is 8.15. The molecular weight excluding hydrogens is 380 g/mol. The van der Waals surface area contributed by atoms with Gasteiger partial charge in [0.1, 0.15) is 0 Å². The van der Waals surface area contributed by atoms with Gasteiger partial charge in [0.15, 0.2) is 0 Å². The number of ether oxygens (including phenoxy) is 3. The Labute approximate surface area is 170 Å². The lowest BCUT2D eigenvalue weighted by Gasteiger charge is -2.23. The summed E-state index contributed by atoms with van der Waals surface area (Å²) in [6.07, 6.45) is 3.91. The highest BCUT2D eigenvalue weighted by Gasteiger charge is 2.58. The van der Waals surface area contributed by atoms with Crippen molar-refractivity contribution in [1.82, 2.24) is 0 Å². The number of methoxy groups -OCH3 is 1. The zero-order valence-electron chi connectivity index (χ0n) is 17.4. The van der Waals surface area contributed by atoms with Crippen LogP contribution in [0.1, 0.15) is 52.9 Å². The average molecular weight is 410 g/mol. The Morgan fingerprint density at radius 1 is 1.03 bits per heavy atom. The predicted octanol–water partition coefficient (Wildman–Crippen LogP) is 2.15. The first-order valence-electron chi connectivity index (χ1n) is 10.3. The van der Waals surface area contributed by atoms with Crippen molar-refractivity contribution in [2.75, 3.05) is 7.11 Å². The van der Waals surface area contributed by atoms with Crippen LogP contribution in [0, 0.1) is 35.5 Å². The first-order valence-corrected chi connectivity index (χ1v) is 10.3. The zero-order valence-corrected chi connectivity index (χ0v) is 17.4. The number of carbonyl (C=O) groups is 3. The molecule has 8 nitrogen and oxygen atoms in total. The minimum Gasteiger partial charge on any atom is -0.469 e. The van der Waals surface area contributed by atoms with Gasteiger partial charge in [-0.15, -0.1) is 0 Å². The fourth-order valence-corrected chi connectivity index (χ4v) is 5.52. The van der Waals surface area contributed by atoms with E-state index in [2.05, 4.69) is 13.8 Å². The van der Waals surface area contributed by atoms with Crippen LogP contribution in [0.3, 0.4) is 0 Å². The standard InChI is InChI=1S/C20H30O6.CO2/c1-5-11-9-12(15(10(11)3)18(21)24-4)7-8-14-17-16(13(6-2)25-14)19(22)26-20(17)23;2-1-3/h10-17H,5-9H2,1-4H3;. The van der Waals surface area contributed by atoms with Crippen LogP contribution in [0.4, 0.5) is 0 Å². The Morgan fingerprint density at radius 3 is 2.14 bits per heavy atom. The summed E-state index contributed by atoms with van der Waals surface area (Å²) in [6.45, 7) is 6.25. The first-order chi connectivity index (χ1) is 13.8. The van der Waals surface area contributed by atoms with Gasteiger partial charge in [0, 0.05) is 0 Å². The third-order valence-electron chi connectivity index (χ3n) is 6.93. The van der Waals surface area contributed by atoms with Crippen molar-refractivity contribution >= 4 is 24.1 Å². The lowest BCUT2D eigenvalue weighted by atomic mass is 9.83. The summed E-state index contributed by atoms with van der Waals surface area (Å²) in [5.41, 5.74) is 0. The van der Waals surface area contributed by atoms with Crippen LogP contribution in [0.25, 0.3) is 0 Å². The van der Waals surface area contributed by atoms with E-state index in [4.69, 9.17) is 23.8 Å². The van der Waals surface area contributed by atoms with E-state index in [1.165, 1.54) is 7.11 Å². The molecule has 8 unspecified atom stereocenters. The molecule has 2 aliphatic heterocycles. The summed E-state index contributed by atoms with van der Waals surface area (Å²) < 4.78 is 15.9. The van der Waals surface area contributed by atoms with Gasteiger partial charge in [-0.3, -0.25) is 14.4 Å². The van der Waals surface area contributed by atoms with Gasteiger partial charge in [0.2, 0.25) is 0 Å². The topological polar surface area (TPSA) is 113 Å². The molecule has 1 aliphatic carbocycles. The molecular formula is C21H30O8. The number of hydrogen-bond donors (Lipinski definition) is 0. The molecule has 162 valence electrons. The van der Waals surface area contributed by atoms with Gasteiger partial charge >= 0.3 is 24.1 Å². The second-order valence-corrected chi connectivity index (χ2v) is 8.15. The van der Waals surface area contributed by atoms with Gasteiger partial charge in [-0.05, 0) is 43.4 Å². The minimum atomic E-state index is -0.482. The molecule has 29 heavy (non-hydrogen) atoms. The van der Waals surface area contributed by atoms with Crippen LogP contribution in [0.2, 0.25) is 0 Å². The summed E-state index contributed by atoms with van der Waals surface area (Å²) in [5.74, 6) is -1.01. The maximum atomic E-state index is 12.3. The smallest absolute Gasteiger partial charge is 0.373 e. The van der Waals surface area contributed by atoms with Gasteiger partial charge in [-0.1, -0.05) is 27.2 Å². The maximum Gasteiger partial charge on any atom is 0.373 e. The van der Waals surface area contributed by atoms with Crippen LogP contribution < -0.4 is 0 Å². The minimum absolute atomic E-state index is 0.0960. The maximum absolute atomic E-state index is 12.3. The number of esters is 3. The van der Waals surface area contributed by atoms with Crippen molar-refractivity contribution in [2.24, 2.45) is 35.5 Å². The highest BCUT2D eigenvalue weighted by Crippen LogP contribution is 2.48. The van der Waals surface area contributed by atoms with E-state index in [1.807, 2.05) is 6.92 Å². The molecule has 0 bridgehead atoms. The summed E-state index contributed by atoms with van der Waals surface area (Å²) in [4.78, 5) is 52.6. The summed E-state index contributed by atoms with van der Waals surface area (Å²) in [7, 11) is 1.45. The predicted molar refractivity (Wildman–Crippen MR) is 97.8 cm³/mol.